The van der Waals surface area contributed by atoms with E-state index in [9.17, 15) is 13.2 Å². The first-order valence-electron chi connectivity index (χ1n) is 9.71. The molecule has 0 heterocycles. The summed E-state index contributed by atoms with van der Waals surface area (Å²) in [7, 11) is -3.59. The zero-order chi connectivity index (χ0) is 21.8. The lowest BCUT2D eigenvalue weighted by Gasteiger charge is -2.14. The number of nitrogens with one attached hydrogen (secondary N) is 2. The van der Waals surface area contributed by atoms with Crippen LogP contribution < -0.4 is 10.0 Å². The summed E-state index contributed by atoms with van der Waals surface area (Å²) in [5.41, 5.74) is 6.79. The van der Waals surface area contributed by atoms with Gasteiger partial charge in [0.15, 0.2) is 0 Å². The van der Waals surface area contributed by atoms with Crippen LogP contribution in [0.5, 0.6) is 0 Å². The third-order valence-electron chi connectivity index (χ3n) is 4.54. The van der Waals surface area contributed by atoms with Crippen molar-refractivity contribution in [3.63, 3.8) is 0 Å². The van der Waals surface area contributed by atoms with E-state index >= 15 is 0 Å². The summed E-state index contributed by atoms with van der Waals surface area (Å²) >= 11 is 0. The zero-order valence-electron chi connectivity index (χ0n) is 18.0. The first-order chi connectivity index (χ1) is 13.5. The van der Waals surface area contributed by atoms with Crippen molar-refractivity contribution in [2.75, 3.05) is 11.6 Å². The van der Waals surface area contributed by atoms with Crippen molar-refractivity contribution >= 4 is 27.7 Å². The van der Waals surface area contributed by atoms with Gasteiger partial charge in [-0.25, -0.2) is 13.1 Å². The minimum absolute atomic E-state index is 0.378. The van der Waals surface area contributed by atoms with Crippen LogP contribution in [0.1, 0.15) is 43.9 Å². The van der Waals surface area contributed by atoms with Crippen molar-refractivity contribution in [1.29, 1.82) is 0 Å². The molecule has 0 radical (unpaired) electrons. The topological polar surface area (TPSA) is 75.3 Å². The Balaban J connectivity index is 2.36. The summed E-state index contributed by atoms with van der Waals surface area (Å²) in [6.07, 6.45) is 3.18. The van der Waals surface area contributed by atoms with Crippen LogP contribution in [-0.2, 0) is 14.8 Å². The lowest BCUT2D eigenvalue weighted by molar-refractivity contribution is -0.115. The van der Waals surface area contributed by atoms with E-state index < -0.39 is 15.9 Å². The van der Waals surface area contributed by atoms with Gasteiger partial charge < -0.3 is 5.32 Å². The molecule has 2 aromatic carbocycles. The van der Waals surface area contributed by atoms with E-state index in [-0.39, 0.29) is 0 Å². The summed E-state index contributed by atoms with van der Waals surface area (Å²) in [6.45, 7) is 10.1. The predicted molar refractivity (Wildman–Crippen MR) is 121 cm³/mol. The van der Waals surface area contributed by atoms with Crippen LogP contribution in [0, 0.1) is 13.8 Å². The maximum atomic E-state index is 12.2. The van der Waals surface area contributed by atoms with Gasteiger partial charge in [-0.1, -0.05) is 31.2 Å². The van der Waals surface area contributed by atoms with Gasteiger partial charge >= 0.3 is 0 Å². The lowest BCUT2D eigenvalue weighted by Crippen LogP contribution is -2.30. The fourth-order valence-electron chi connectivity index (χ4n) is 3.13. The highest BCUT2D eigenvalue weighted by Crippen LogP contribution is 2.29. The van der Waals surface area contributed by atoms with Crippen molar-refractivity contribution in [2.45, 2.75) is 47.1 Å². The predicted octanol–water partition coefficient (Wildman–Crippen LogP) is 4.66. The number of benzene rings is 2. The van der Waals surface area contributed by atoms with E-state index in [0.29, 0.717) is 18.0 Å². The van der Waals surface area contributed by atoms with Gasteiger partial charge in [0.2, 0.25) is 10.0 Å². The van der Waals surface area contributed by atoms with Gasteiger partial charge in [-0.15, -0.1) is 0 Å². The molecule has 5 nitrogen and oxygen atoms in total. The number of hydrogen-bond donors (Lipinski definition) is 2. The Morgan fingerprint density at radius 2 is 1.69 bits per heavy atom. The Morgan fingerprint density at radius 1 is 1.07 bits per heavy atom. The number of aryl methyl sites for hydroxylation is 2. The maximum Gasteiger partial charge on any atom is 0.260 e. The van der Waals surface area contributed by atoms with E-state index in [1.165, 1.54) is 0 Å². The van der Waals surface area contributed by atoms with Crippen molar-refractivity contribution in [3.05, 3.63) is 58.7 Å². The molecule has 2 N–H and O–H groups in total. The molecule has 29 heavy (non-hydrogen) atoms. The molecule has 0 unspecified atom stereocenters. The molecule has 0 fully saturated rings. The van der Waals surface area contributed by atoms with E-state index in [1.807, 2.05) is 31.6 Å². The Labute approximate surface area is 174 Å². The molecular weight excluding hydrogens is 384 g/mol. The molecule has 0 aliphatic carbocycles. The lowest BCUT2D eigenvalue weighted by atomic mass is 9.93. The van der Waals surface area contributed by atoms with Crippen molar-refractivity contribution in [1.82, 2.24) is 4.72 Å². The van der Waals surface area contributed by atoms with Crippen molar-refractivity contribution < 1.29 is 13.2 Å². The fourth-order valence-corrected chi connectivity index (χ4v) is 3.60. The Bertz CT molecular complexity index is 1020. The third kappa shape index (κ3) is 6.46. The highest BCUT2D eigenvalue weighted by Gasteiger charge is 2.14. The second-order valence-electron chi connectivity index (χ2n) is 7.63. The van der Waals surface area contributed by atoms with Crippen LogP contribution in [0.25, 0.3) is 17.2 Å². The number of anilines is 1. The van der Waals surface area contributed by atoms with Crippen LogP contribution in [-0.4, -0.2) is 26.6 Å². The normalized spacial score (nSPS) is 12.2. The number of carbonyl (C=O) groups is 1. The largest absolute Gasteiger partial charge is 0.383 e. The van der Waals surface area contributed by atoms with E-state index in [0.717, 1.165) is 39.8 Å². The number of sulfonamides is 1. The van der Waals surface area contributed by atoms with Gasteiger partial charge in [-0.2, -0.15) is 0 Å². The summed E-state index contributed by atoms with van der Waals surface area (Å²) in [6, 6.07) is 12.9. The molecule has 1 amide bonds. The van der Waals surface area contributed by atoms with Crippen molar-refractivity contribution in [3.8, 4) is 11.1 Å². The smallest absolute Gasteiger partial charge is 0.260 e. The molecule has 2 rings (SSSR count). The molecular formula is C23H30N2O3S. The Kier molecular flexibility index (Phi) is 7.25. The molecule has 0 bridgehead atoms. The van der Waals surface area contributed by atoms with Gasteiger partial charge in [0.25, 0.3) is 5.91 Å². The maximum absolute atomic E-state index is 12.2. The molecule has 0 aliphatic rings. The molecule has 0 saturated heterocycles. The van der Waals surface area contributed by atoms with Gasteiger partial charge in [0, 0.05) is 17.3 Å². The molecule has 0 aromatic heterocycles. The van der Waals surface area contributed by atoms with E-state index in [1.54, 1.807) is 6.08 Å². The molecule has 0 saturated carbocycles. The number of carbonyl (C=O) groups excluding carboxylic acids is 1. The van der Waals surface area contributed by atoms with Crippen LogP contribution in [0.3, 0.4) is 0 Å². The fraction of sp³-hybridized carbons (Fsp3) is 0.348. The standard InChI is InChI=1S/C23H30N2O3S/c1-7-18(23(26)25-29(6,27)28)14-20-12-17(5)22(13-16(20)4)19-8-10-21(11-9-19)24-15(2)3/h8-15,24H,7H2,1-6H3,(H,25,26)/b18-14+. The Morgan fingerprint density at radius 3 is 2.21 bits per heavy atom. The zero-order valence-corrected chi connectivity index (χ0v) is 18.8. The van der Waals surface area contributed by atoms with Gasteiger partial charge in [-0.05, 0) is 80.1 Å². The molecule has 156 valence electrons. The monoisotopic (exact) mass is 414 g/mol. The summed E-state index contributed by atoms with van der Waals surface area (Å²) < 4.78 is 24.8. The molecule has 2 aromatic rings. The third-order valence-corrected chi connectivity index (χ3v) is 5.10. The molecule has 6 heteroatoms. The highest BCUT2D eigenvalue weighted by atomic mass is 32.2. The van der Waals surface area contributed by atoms with Crippen LogP contribution >= 0.6 is 0 Å². The van der Waals surface area contributed by atoms with Crippen LogP contribution in [0.2, 0.25) is 0 Å². The number of hydrogen-bond acceptors (Lipinski definition) is 4. The Hall–Kier alpha value is -2.60. The summed E-state index contributed by atoms with van der Waals surface area (Å²) in [5, 5.41) is 3.38. The summed E-state index contributed by atoms with van der Waals surface area (Å²) in [5.74, 6) is -0.579. The van der Waals surface area contributed by atoms with Gasteiger partial charge in [0.05, 0.1) is 6.26 Å². The quantitative estimate of drug-likeness (QED) is 0.646. The minimum atomic E-state index is -3.59. The average Bonchev–Trinajstić information content (AvgIpc) is 2.60. The first-order valence-corrected chi connectivity index (χ1v) is 11.6. The van der Waals surface area contributed by atoms with Crippen LogP contribution in [0.4, 0.5) is 5.69 Å². The average molecular weight is 415 g/mol. The van der Waals surface area contributed by atoms with E-state index in [2.05, 4.69) is 49.5 Å². The van der Waals surface area contributed by atoms with Gasteiger partial charge in [0.1, 0.15) is 0 Å². The minimum Gasteiger partial charge on any atom is -0.383 e. The SMILES string of the molecule is CC/C(=C\c1cc(C)c(-c2ccc(NC(C)C)cc2)cc1C)C(=O)NS(C)(=O)=O. The molecule has 0 aliphatic heterocycles. The van der Waals surface area contributed by atoms with Crippen LogP contribution in [0.15, 0.2) is 42.0 Å². The first kappa shape index (κ1) is 22.7. The second-order valence-corrected chi connectivity index (χ2v) is 9.38. The van der Waals surface area contributed by atoms with Gasteiger partial charge in [-0.3, -0.25) is 4.79 Å². The second kappa shape index (κ2) is 9.27. The number of amides is 1. The summed E-state index contributed by atoms with van der Waals surface area (Å²) in [4.78, 5) is 12.2. The van der Waals surface area contributed by atoms with Crippen molar-refractivity contribution in [2.24, 2.45) is 0 Å². The van der Waals surface area contributed by atoms with E-state index in [4.69, 9.17) is 0 Å². The number of rotatable bonds is 7. The molecule has 0 spiro atoms. The molecule has 0 atom stereocenters. The highest BCUT2D eigenvalue weighted by molar-refractivity contribution is 7.89.